The molecule has 0 saturated carbocycles. The van der Waals surface area contributed by atoms with Gasteiger partial charge in [-0.15, -0.1) is 0 Å². The van der Waals surface area contributed by atoms with Crippen LogP contribution in [0.2, 0.25) is 0 Å². The molecule has 0 radical (unpaired) electrons. The standard InChI is InChI=1S/C13H7F4I/c14-10-4-1-8(2-5-10)9-3-6-12(18)11(7-9)13(15,16)17/h1-7H. The topological polar surface area (TPSA) is 0 Å². The normalized spacial score (nSPS) is 11.6. The fourth-order valence-electron chi connectivity index (χ4n) is 1.56. The van der Waals surface area contributed by atoms with Gasteiger partial charge < -0.3 is 0 Å². The van der Waals surface area contributed by atoms with Crippen molar-refractivity contribution in [2.24, 2.45) is 0 Å². The number of halogens is 5. The first-order valence-corrected chi connectivity index (χ1v) is 6.08. The summed E-state index contributed by atoms with van der Waals surface area (Å²) in [4.78, 5) is 0. The molecule has 2 aromatic rings. The van der Waals surface area contributed by atoms with Crippen molar-refractivity contribution in [3.63, 3.8) is 0 Å². The molecule has 0 aliphatic heterocycles. The van der Waals surface area contributed by atoms with Crippen LogP contribution >= 0.6 is 22.6 Å². The predicted molar refractivity (Wildman–Crippen MR) is 69.6 cm³/mol. The van der Waals surface area contributed by atoms with Gasteiger partial charge in [-0.3, -0.25) is 0 Å². The third-order valence-electron chi connectivity index (χ3n) is 2.45. The van der Waals surface area contributed by atoms with E-state index in [4.69, 9.17) is 0 Å². The van der Waals surface area contributed by atoms with Gasteiger partial charge >= 0.3 is 6.18 Å². The van der Waals surface area contributed by atoms with Crippen LogP contribution < -0.4 is 0 Å². The van der Waals surface area contributed by atoms with Crippen molar-refractivity contribution in [2.45, 2.75) is 6.18 Å². The summed E-state index contributed by atoms with van der Waals surface area (Å²) < 4.78 is 51.1. The lowest BCUT2D eigenvalue weighted by Gasteiger charge is -2.11. The van der Waals surface area contributed by atoms with E-state index in [0.29, 0.717) is 11.1 Å². The SMILES string of the molecule is Fc1ccc(-c2ccc(I)c(C(F)(F)F)c2)cc1. The van der Waals surface area contributed by atoms with E-state index in [9.17, 15) is 17.6 Å². The maximum atomic E-state index is 12.8. The Morgan fingerprint density at radius 1 is 0.833 bits per heavy atom. The molecule has 18 heavy (non-hydrogen) atoms. The van der Waals surface area contributed by atoms with E-state index in [1.54, 1.807) is 28.7 Å². The summed E-state index contributed by atoms with van der Waals surface area (Å²) in [7, 11) is 0. The van der Waals surface area contributed by atoms with Crippen LogP contribution in [0.3, 0.4) is 0 Å². The zero-order valence-corrected chi connectivity index (χ0v) is 11.1. The molecule has 2 aromatic carbocycles. The van der Waals surface area contributed by atoms with Gasteiger partial charge in [-0.1, -0.05) is 18.2 Å². The Morgan fingerprint density at radius 3 is 1.94 bits per heavy atom. The molecule has 0 amide bonds. The van der Waals surface area contributed by atoms with E-state index in [1.807, 2.05) is 0 Å². The second-order valence-corrected chi connectivity index (χ2v) is 4.86. The van der Waals surface area contributed by atoms with Gasteiger partial charge in [0.25, 0.3) is 0 Å². The Hall–Kier alpha value is -1.11. The first-order chi connectivity index (χ1) is 8.38. The van der Waals surface area contributed by atoms with E-state index in [2.05, 4.69) is 0 Å². The Morgan fingerprint density at radius 2 is 1.39 bits per heavy atom. The maximum absolute atomic E-state index is 12.8. The quantitative estimate of drug-likeness (QED) is 0.486. The summed E-state index contributed by atoms with van der Waals surface area (Å²) in [5.41, 5.74) is 0.297. The zero-order chi connectivity index (χ0) is 13.3. The second-order valence-electron chi connectivity index (χ2n) is 3.70. The van der Waals surface area contributed by atoms with Gasteiger partial charge in [-0.05, 0) is 58.0 Å². The first-order valence-electron chi connectivity index (χ1n) is 5.00. The van der Waals surface area contributed by atoms with Gasteiger partial charge in [-0.25, -0.2) is 4.39 Å². The molecule has 0 spiro atoms. The Kier molecular flexibility index (Phi) is 3.61. The van der Waals surface area contributed by atoms with Crippen molar-refractivity contribution in [2.75, 3.05) is 0 Å². The fourth-order valence-corrected chi connectivity index (χ4v) is 2.21. The lowest BCUT2D eigenvalue weighted by molar-refractivity contribution is -0.138. The summed E-state index contributed by atoms with van der Waals surface area (Å²) in [6, 6.07) is 9.43. The lowest BCUT2D eigenvalue weighted by atomic mass is 10.0. The van der Waals surface area contributed by atoms with E-state index >= 15 is 0 Å². The monoisotopic (exact) mass is 366 g/mol. The molecule has 0 aliphatic carbocycles. The van der Waals surface area contributed by atoms with Crippen LogP contribution in [-0.4, -0.2) is 0 Å². The minimum Gasteiger partial charge on any atom is -0.207 e. The molecule has 2 rings (SSSR count). The summed E-state index contributed by atoms with van der Waals surface area (Å²) in [5.74, 6) is -0.416. The average molecular weight is 366 g/mol. The van der Waals surface area contributed by atoms with E-state index in [1.165, 1.54) is 30.3 Å². The van der Waals surface area contributed by atoms with Gasteiger partial charge in [0.15, 0.2) is 0 Å². The smallest absolute Gasteiger partial charge is 0.207 e. The summed E-state index contributed by atoms with van der Waals surface area (Å²) in [5, 5.41) is 0. The predicted octanol–water partition coefficient (Wildman–Crippen LogP) is 5.12. The van der Waals surface area contributed by atoms with Crippen molar-refractivity contribution in [1.82, 2.24) is 0 Å². The van der Waals surface area contributed by atoms with Gasteiger partial charge in [0.2, 0.25) is 0 Å². The third-order valence-corrected chi connectivity index (χ3v) is 3.39. The summed E-state index contributed by atoms with van der Waals surface area (Å²) in [6.07, 6.45) is -4.38. The largest absolute Gasteiger partial charge is 0.417 e. The lowest BCUT2D eigenvalue weighted by Crippen LogP contribution is -2.07. The van der Waals surface area contributed by atoms with Crippen molar-refractivity contribution in [1.29, 1.82) is 0 Å². The molecule has 0 unspecified atom stereocenters. The highest BCUT2D eigenvalue weighted by Crippen LogP contribution is 2.35. The van der Waals surface area contributed by atoms with Crippen molar-refractivity contribution >= 4 is 22.6 Å². The number of alkyl halides is 3. The molecular formula is C13H7F4I. The fraction of sp³-hybridized carbons (Fsp3) is 0.0769. The highest BCUT2D eigenvalue weighted by Gasteiger charge is 2.33. The van der Waals surface area contributed by atoms with Crippen molar-refractivity contribution in [3.05, 3.63) is 57.4 Å². The van der Waals surface area contributed by atoms with Crippen molar-refractivity contribution < 1.29 is 17.6 Å². The molecular weight excluding hydrogens is 359 g/mol. The summed E-state index contributed by atoms with van der Waals surface area (Å²) >= 11 is 1.65. The molecule has 0 saturated heterocycles. The van der Waals surface area contributed by atoms with Crippen LogP contribution in [0, 0.1) is 9.39 Å². The maximum Gasteiger partial charge on any atom is 0.417 e. The molecule has 0 nitrogen and oxygen atoms in total. The number of benzene rings is 2. The van der Waals surface area contributed by atoms with Crippen LogP contribution in [0.15, 0.2) is 42.5 Å². The summed E-state index contributed by atoms with van der Waals surface area (Å²) in [6.45, 7) is 0. The zero-order valence-electron chi connectivity index (χ0n) is 8.93. The Balaban J connectivity index is 2.50. The second kappa shape index (κ2) is 4.87. The van der Waals surface area contributed by atoms with Crippen LogP contribution in [0.25, 0.3) is 11.1 Å². The van der Waals surface area contributed by atoms with Crippen LogP contribution in [0.1, 0.15) is 5.56 Å². The molecule has 0 bridgehead atoms. The minimum absolute atomic E-state index is 0.144. The molecule has 0 heterocycles. The molecule has 0 fully saturated rings. The van der Waals surface area contributed by atoms with Crippen LogP contribution in [0.5, 0.6) is 0 Å². The van der Waals surface area contributed by atoms with E-state index in [-0.39, 0.29) is 3.57 Å². The number of rotatable bonds is 1. The molecule has 0 aliphatic rings. The Bertz CT molecular complexity index is 558. The van der Waals surface area contributed by atoms with Gasteiger partial charge in [0, 0.05) is 3.57 Å². The number of hydrogen-bond acceptors (Lipinski definition) is 0. The third kappa shape index (κ3) is 2.82. The van der Waals surface area contributed by atoms with Crippen LogP contribution in [0.4, 0.5) is 17.6 Å². The minimum atomic E-state index is -4.38. The Labute approximate surface area is 115 Å². The highest BCUT2D eigenvalue weighted by atomic mass is 127. The molecule has 5 heteroatoms. The molecule has 0 aromatic heterocycles. The number of hydrogen-bond donors (Lipinski definition) is 0. The molecule has 0 atom stereocenters. The van der Waals surface area contributed by atoms with E-state index in [0.717, 1.165) is 6.07 Å². The molecule has 94 valence electrons. The van der Waals surface area contributed by atoms with E-state index < -0.39 is 17.6 Å². The first kappa shape index (κ1) is 13.3. The molecule has 0 N–H and O–H groups in total. The van der Waals surface area contributed by atoms with Crippen LogP contribution in [-0.2, 0) is 6.18 Å². The highest BCUT2D eigenvalue weighted by molar-refractivity contribution is 14.1. The average Bonchev–Trinajstić information content (AvgIpc) is 2.29. The van der Waals surface area contributed by atoms with Gasteiger partial charge in [-0.2, -0.15) is 13.2 Å². The van der Waals surface area contributed by atoms with Gasteiger partial charge in [0.05, 0.1) is 5.56 Å². The van der Waals surface area contributed by atoms with Crippen molar-refractivity contribution in [3.8, 4) is 11.1 Å². The van der Waals surface area contributed by atoms with Gasteiger partial charge in [0.1, 0.15) is 5.82 Å².